The molecule has 1 aromatic heterocycles. The molecule has 26 heavy (non-hydrogen) atoms. The normalized spacial score (nSPS) is 11.6. The Balaban J connectivity index is 1.54. The molecule has 3 rings (SSSR count). The molecule has 0 aliphatic heterocycles. The summed E-state index contributed by atoms with van der Waals surface area (Å²) in [6, 6.07) is 16.2. The van der Waals surface area contributed by atoms with Crippen LogP contribution < -0.4 is 5.32 Å². The predicted octanol–water partition coefficient (Wildman–Crippen LogP) is 3.20. The lowest BCUT2D eigenvalue weighted by atomic mass is 10.1. The van der Waals surface area contributed by atoms with Crippen molar-refractivity contribution in [3.8, 4) is 11.3 Å². The quantitative estimate of drug-likeness (QED) is 0.691. The van der Waals surface area contributed by atoms with E-state index < -0.39 is 12.1 Å². The molecule has 0 fully saturated rings. The number of amides is 1. The molecule has 0 aliphatic carbocycles. The first-order valence-corrected chi connectivity index (χ1v) is 8.15. The molecule has 0 spiro atoms. The van der Waals surface area contributed by atoms with Crippen molar-refractivity contribution < 1.29 is 18.7 Å². The van der Waals surface area contributed by atoms with Gasteiger partial charge < -0.3 is 14.5 Å². The van der Waals surface area contributed by atoms with E-state index in [9.17, 15) is 9.59 Å². The fourth-order valence-corrected chi connectivity index (χ4v) is 2.34. The van der Waals surface area contributed by atoms with E-state index in [1.165, 1.54) is 6.39 Å². The summed E-state index contributed by atoms with van der Waals surface area (Å²) in [5.41, 5.74) is 2.13. The third kappa shape index (κ3) is 4.36. The Kier molecular flexibility index (Phi) is 5.43. The van der Waals surface area contributed by atoms with E-state index in [1.807, 2.05) is 30.3 Å². The minimum Gasteiger partial charge on any atom is -0.449 e. The summed E-state index contributed by atoms with van der Waals surface area (Å²) in [5, 5.41) is 2.75. The van der Waals surface area contributed by atoms with Gasteiger partial charge in [0.1, 0.15) is 0 Å². The van der Waals surface area contributed by atoms with Crippen LogP contribution in [-0.2, 0) is 16.1 Å². The number of esters is 1. The topological polar surface area (TPSA) is 81.4 Å². The van der Waals surface area contributed by atoms with Crippen LogP contribution in [0.3, 0.4) is 0 Å². The van der Waals surface area contributed by atoms with Crippen LogP contribution in [0.15, 0.2) is 71.6 Å². The number of carbonyl (C=O) groups excluding carboxylic acids is 2. The van der Waals surface area contributed by atoms with Crippen LogP contribution in [0.25, 0.3) is 11.3 Å². The number of oxazole rings is 1. The van der Waals surface area contributed by atoms with E-state index in [2.05, 4.69) is 10.3 Å². The minimum atomic E-state index is -0.889. The summed E-state index contributed by atoms with van der Waals surface area (Å²) < 4.78 is 10.4. The van der Waals surface area contributed by atoms with Gasteiger partial charge in [0.2, 0.25) is 0 Å². The Morgan fingerprint density at radius 2 is 1.85 bits per heavy atom. The zero-order valence-electron chi connectivity index (χ0n) is 14.2. The number of aromatic nitrogens is 1. The standard InChI is InChI=1S/C20H18N2O4/c1-14(19(23)22-11-15-5-3-2-4-6-15)26-20(24)17-9-7-16(8-10-17)18-12-21-13-25-18/h2-10,12-14H,11H2,1H3,(H,22,23). The third-order valence-corrected chi connectivity index (χ3v) is 3.80. The first kappa shape index (κ1) is 17.4. The van der Waals surface area contributed by atoms with Crippen molar-refractivity contribution in [1.82, 2.24) is 10.3 Å². The lowest BCUT2D eigenvalue weighted by Crippen LogP contribution is -2.35. The maximum atomic E-state index is 12.2. The summed E-state index contributed by atoms with van der Waals surface area (Å²) in [5.74, 6) is -0.296. The van der Waals surface area contributed by atoms with Gasteiger partial charge in [0.25, 0.3) is 5.91 Å². The van der Waals surface area contributed by atoms with Crippen molar-refractivity contribution in [2.45, 2.75) is 19.6 Å². The van der Waals surface area contributed by atoms with Gasteiger partial charge in [-0.15, -0.1) is 0 Å². The third-order valence-electron chi connectivity index (χ3n) is 3.80. The van der Waals surface area contributed by atoms with Gasteiger partial charge >= 0.3 is 5.97 Å². The molecule has 0 saturated heterocycles. The highest BCUT2D eigenvalue weighted by molar-refractivity contribution is 5.92. The van der Waals surface area contributed by atoms with Crippen molar-refractivity contribution in [3.05, 3.63) is 78.3 Å². The molecule has 1 N–H and O–H groups in total. The molecule has 2 aromatic carbocycles. The molecule has 6 nitrogen and oxygen atoms in total. The number of carbonyl (C=O) groups is 2. The fraction of sp³-hybridized carbons (Fsp3) is 0.150. The Bertz CT molecular complexity index is 859. The second-order valence-corrected chi connectivity index (χ2v) is 5.69. The molecule has 0 aliphatic rings. The van der Waals surface area contributed by atoms with Gasteiger partial charge in [0, 0.05) is 12.1 Å². The molecule has 0 radical (unpaired) electrons. The van der Waals surface area contributed by atoms with Crippen molar-refractivity contribution in [2.75, 3.05) is 0 Å². The number of hydrogen-bond donors (Lipinski definition) is 1. The number of benzene rings is 2. The lowest BCUT2D eigenvalue weighted by Gasteiger charge is -2.13. The van der Waals surface area contributed by atoms with Gasteiger partial charge in [-0.2, -0.15) is 0 Å². The largest absolute Gasteiger partial charge is 0.449 e. The summed E-state index contributed by atoms with van der Waals surface area (Å²) in [7, 11) is 0. The lowest BCUT2D eigenvalue weighted by molar-refractivity contribution is -0.129. The van der Waals surface area contributed by atoms with Crippen molar-refractivity contribution >= 4 is 11.9 Å². The highest BCUT2D eigenvalue weighted by Gasteiger charge is 2.18. The Morgan fingerprint density at radius 3 is 2.50 bits per heavy atom. The van der Waals surface area contributed by atoms with Gasteiger partial charge in [-0.1, -0.05) is 42.5 Å². The van der Waals surface area contributed by atoms with Gasteiger partial charge in [-0.05, 0) is 24.6 Å². The number of nitrogens with one attached hydrogen (secondary N) is 1. The number of nitrogens with zero attached hydrogens (tertiary/aromatic N) is 1. The summed E-state index contributed by atoms with van der Waals surface area (Å²) in [6.45, 7) is 1.93. The number of hydrogen-bond acceptors (Lipinski definition) is 5. The molecule has 1 atom stereocenters. The highest BCUT2D eigenvalue weighted by atomic mass is 16.5. The average molecular weight is 350 g/mol. The molecule has 1 amide bonds. The smallest absolute Gasteiger partial charge is 0.338 e. The zero-order valence-corrected chi connectivity index (χ0v) is 14.2. The van der Waals surface area contributed by atoms with Crippen molar-refractivity contribution in [3.63, 3.8) is 0 Å². The van der Waals surface area contributed by atoms with Gasteiger partial charge in [-0.25, -0.2) is 9.78 Å². The fourth-order valence-electron chi connectivity index (χ4n) is 2.34. The summed E-state index contributed by atoms with van der Waals surface area (Å²) in [6.07, 6.45) is 2.04. The van der Waals surface area contributed by atoms with Crippen LogP contribution in [0.4, 0.5) is 0 Å². The average Bonchev–Trinajstić information content (AvgIpc) is 3.21. The molecule has 0 bridgehead atoms. The SMILES string of the molecule is CC(OC(=O)c1ccc(-c2cnco2)cc1)C(=O)NCc1ccccc1. The Morgan fingerprint density at radius 1 is 1.12 bits per heavy atom. The van der Waals surface area contributed by atoms with E-state index in [0.29, 0.717) is 17.9 Å². The number of rotatable bonds is 6. The van der Waals surface area contributed by atoms with Crippen LogP contribution in [-0.4, -0.2) is 23.0 Å². The Hall–Kier alpha value is -3.41. The van der Waals surface area contributed by atoms with Gasteiger partial charge in [-0.3, -0.25) is 4.79 Å². The van der Waals surface area contributed by atoms with E-state index in [0.717, 1.165) is 11.1 Å². The van der Waals surface area contributed by atoms with Crippen LogP contribution in [0.5, 0.6) is 0 Å². The highest BCUT2D eigenvalue weighted by Crippen LogP contribution is 2.19. The molecule has 3 aromatic rings. The molecule has 1 unspecified atom stereocenters. The number of ether oxygens (including phenoxy) is 1. The monoisotopic (exact) mass is 350 g/mol. The van der Waals surface area contributed by atoms with E-state index in [1.54, 1.807) is 37.4 Å². The molecule has 132 valence electrons. The molecular weight excluding hydrogens is 332 g/mol. The molecule has 1 heterocycles. The molecular formula is C20H18N2O4. The van der Waals surface area contributed by atoms with Crippen LogP contribution in [0, 0.1) is 0 Å². The van der Waals surface area contributed by atoms with Crippen molar-refractivity contribution in [1.29, 1.82) is 0 Å². The van der Waals surface area contributed by atoms with Crippen LogP contribution >= 0.6 is 0 Å². The predicted molar refractivity (Wildman–Crippen MR) is 95.1 cm³/mol. The van der Waals surface area contributed by atoms with E-state index >= 15 is 0 Å². The Labute approximate surface area is 150 Å². The first-order chi connectivity index (χ1) is 12.6. The summed E-state index contributed by atoms with van der Waals surface area (Å²) in [4.78, 5) is 28.1. The maximum Gasteiger partial charge on any atom is 0.338 e. The molecule has 0 saturated carbocycles. The molecule has 6 heteroatoms. The maximum absolute atomic E-state index is 12.2. The summed E-state index contributed by atoms with van der Waals surface area (Å²) >= 11 is 0. The van der Waals surface area contributed by atoms with Crippen LogP contribution in [0.2, 0.25) is 0 Å². The van der Waals surface area contributed by atoms with Crippen molar-refractivity contribution in [2.24, 2.45) is 0 Å². The van der Waals surface area contributed by atoms with Crippen LogP contribution in [0.1, 0.15) is 22.8 Å². The first-order valence-electron chi connectivity index (χ1n) is 8.15. The van der Waals surface area contributed by atoms with E-state index in [4.69, 9.17) is 9.15 Å². The second-order valence-electron chi connectivity index (χ2n) is 5.69. The van der Waals surface area contributed by atoms with E-state index in [-0.39, 0.29) is 5.91 Å². The van der Waals surface area contributed by atoms with Gasteiger partial charge in [0.15, 0.2) is 18.3 Å². The zero-order chi connectivity index (χ0) is 18.4. The van der Waals surface area contributed by atoms with Gasteiger partial charge in [0.05, 0.1) is 11.8 Å². The second kappa shape index (κ2) is 8.11. The minimum absolute atomic E-state index is 0.347.